The minimum absolute atomic E-state index is 0.0341. The van der Waals surface area contributed by atoms with Crippen LogP contribution in [0.3, 0.4) is 0 Å². The molecule has 25 heavy (non-hydrogen) atoms. The summed E-state index contributed by atoms with van der Waals surface area (Å²) in [6.45, 7) is 6.00. The maximum absolute atomic E-state index is 8.51. The van der Waals surface area contributed by atoms with Crippen molar-refractivity contribution in [2.75, 3.05) is 11.9 Å². The molecule has 0 amide bonds. The molecule has 0 heterocycles. The first-order valence-electron chi connectivity index (χ1n) is 7.78. The van der Waals surface area contributed by atoms with Crippen LogP contribution in [0, 0.1) is 25.2 Å². The number of hydrogen-bond acceptors (Lipinski definition) is 4. The fourth-order valence-electron chi connectivity index (χ4n) is 2.21. The molecule has 0 aliphatic rings. The average Bonchev–Trinajstić information content (AvgIpc) is 2.60. The highest BCUT2D eigenvalue weighted by atomic mass is 32.1. The molecule has 2 rings (SSSR count). The van der Waals surface area contributed by atoms with Crippen LogP contribution in [0.4, 0.5) is 5.69 Å². The number of nitrogens with one attached hydrogen (secondary N) is 2. The minimum atomic E-state index is 0.0341. The summed E-state index contributed by atoms with van der Waals surface area (Å²) in [5.41, 5.74) is 7.86. The number of benzene rings is 2. The van der Waals surface area contributed by atoms with E-state index in [2.05, 4.69) is 28.8 Å². The van der Waals surface area contributed by atoms with Crippen LogP contribution >= 0.6 is 12.2 Å². The Hall–Kier alpha value is -2.91. The SMILES string of the molecule is C/C(=N/NC(=S)Nc1ccc(C)cc1C)c1ccc(OCC#N)cc1. The van der Waals surface area contributed by atoms with Gasteiger partial charge in [0, 0.05) is 5.69 Å². The van der Waals surface area contributed by atoms with E-state index in [1.54, 1.807) is 12.1 Å². The highest BCUT2D eigenvalue weighted by Crippen LogP contribution is 2.16. The molecule has 0 saturated heterocycles. The largest absolute Gasteiger partial charge is 0.479 e. The van der Waals surface area contributed by atoms with E-state index < -0.39 is 0 Å². The molecule has 0 aromatic heterocycles. The van der Waals surface area contributed by atoms with Gasteiger partial charge >= 0.3 is 0 Å². The zero-order valence-corrected chi connectivity index (χ0v) is 15.3. The lowest BCUT2D eigenvalue weighted by Crippen LogP contribution is -2.25. The van der Waals surface area contributed by atoms with Gasteiger partial charge in [-0.1, -0.05) is 17.7 Å². The fourth-order valence-corrected chi connectivity index (χ4v) is 2.37. The molecule has 2 N–H and O–H groups in total. The summed E-state index contributed by atoms with van der Waals surface area (Å²) < 4.78 is 5.23. The van der Waals surface area contributed by atoms with Crippen LogP contribution in [0.2, 0.25) is 0 Å². The summed E-state index contributed by atoms with van der Waals surface area (Å²) in [6, 6.07) is 15.4. The van der Waals surface area contributed by atoms with E-state index in [1.165, 1.54) is 5.56 Å². The Kier molecular flexibility index (Phi) is 6.49. The van der Waals surface area contributed by atoms with Crippen LogP contribution in [-0.2, 0) is 0 Å². The number of nitriles is 1. The van der Waals surface area contributed by atoms with E-state index in [0.717, 1.165) is 22.5 Å². The zero-order valence-electron chi connectivity index (χ0n) is 14.5. The van der Waals surface area contributed by atoms with Crippen molar-refractivity contribution in [1.29, 1.82) is 5.26 Å². The maximum atomic E-state index is 8.51. The summed E-state index contributed by atoms with van der Waals surface area (Å²) in [7, 11) is 0. The van der Waals surface area contributed by atoms with Gasteiger partial charge in [-0.2, -0.15) is 10.4 Å². The lowest BCUT2D eigenvalue weighted by atomic mass is 10.1. The Morgan fingerprint density at radius 2 is 1.92 bits per heavy atom. The average molecular weight is 352 g/mol. The summed E-state index contributed by atoms with van der Waals surface area (Å²) in [6.07, 6.45) is 0. The first-order chi connectivity index (χ1) is 12.0. The lowest BCUT2D eigenvalue weighted by Gasteiger charge is -2.11. The molecular weight excluding hydrogens is 332 g/mol. The molecule has 2 aromatic rings. The minimum Gasteiger partial charge on any atom is -0.479 e. The number of thiocarbonyl (C=S) groups is 1. The molecule has 0 saturated carbocycles. The van der Waals surface area contributed by atoms with Gasteiger partial charge in [0.2, 0.25) is 0 Å². The van der Waals surface area contributed by atoms with Crippen LogP contribution in [0.1, 0.15) is 23.6 Å². The molecule has 5 nitrogen and oxygen atoms in total. The topological polar surface area (TPSA) is 69.4 Å². The zero-order chi connectivity index (χ0) is 18.2. The number of anilines is 1. The van der Waals surface area contributed by atoms with Gasteiger partial charge in [0.25, 0.3) is 0 Å². The molecule has 0 atom stereocenters. The molecule has 0 aliphatic heterocycles. The quantitative estimate of drug-likeness (QED) is 0.485. The van der Waals surface area contributed by atoms with E-state index >= 15 is 0 Å². The molecule has 0 bridgehead atoms. The second kappa shape index (κ2) is 8.81. The summed E-state index contributed by atoms with van der Waals surface area (Å²) >= 11 is 5.29. The van der Waals surface area contributed by atoms with E-state index in [9.17, 15) is 0 Å². The van der Waals surface area contributed by atoms with Crippen LogP contribution < -0.4 is 15.5 Å². The third-order valence-corrected chi connectivity index (χ3v) is 3.72. The third-order valence-electron chi connectivity index (χ3n) is 3.53. The standard InChI is InChI=1S/C19H20N4OS/c1-13-4-9-18(14(2)12-13)21-19(25)23-22-15(3)16-5-7-17(8-6-16)24-11-10-20/h4-9,12H,11H2,1-3H3,(H2,21,23,25)/b22-15-. The Morgan fingerprint density at radius 3 is 2.56 bits per heavy atom. The van der Waals surface area contributed by atoms with Crippen molar-refractivity contribution in [3.8, 4) is 11.8 Å². The Balaban J connectivity index is 1.95. The van der Waals surface area contributed by atoms with Gasteiger partial charge in [-0.15, -0.1) is 0 Å². The van der Waals surface area contributed by atoms with Gasteiger partial charge in [-0.05, 0) is 74.4 Å². The molecule has 0 aliphatic carbocycles. The monoisotopic (exact) mass is 352 g/mol. The number of nitrogens with zero attached hydrogens (tertiary/aromatic N) is 2. The molecule has 0 fully saturated rings. The van der Waals surface area contributed by atoms with Crippen LogP contribution in [0.15, 0.2) is 47.6 Å². The van der Waals surface area contributed by atoms with Crippen molar-refractivity contribution in [1.82, 2.24) is 5.43 Å². The van der Waals surface area contributed by atoms with Gasteiger partial charge < -0.3 is 10.1 Å². The van der Waals surface area contributed by atoms with Crippen molar-refractivity contribution in [2.45, 2.75) is 20.8 Å². The predicted octanol–water partition coefficient (Wildman–Crippen LogP) is 3.92. The van der Waals surface area contributed by atoms with Crippen LogP contribution in [0.25, 0.3) is 0 Å². The van der Waals surface area contributed by atoms with Crippen molar-refractivity contribution >= 4 is 28.7 Å². The van der Waals surface area contributed by atoms with Crippen molar-refractivity contribution in [3.05, 3.63) is 59.2 Å². The second-order valence-corrected chi connectivity index (χ2v) is 5.96. The molecule has 128 valence electrons. The smallest absolute Gasteiger partial charge is 0.191 e. The van der Waals surface area contributed by atoms with E-state index in [4.69, 9.17) is 22.2 Å². The molecular formula is C19H20N4OS. The maximum Gasteiger partial charge on any atom is 0.191 e. The first kappa shape index (κ1) is 18.4. The van der Waals surface area contributed by atoms with E-state index in [1.807, 2.05) is 44.2 Å². The third kappa shape index (κ3) is 5.59. The number of aryl methyl sites for hydroxylation is 2. The van der Waals surface area contributed by atoms with Gasteiger partial charge in [0.15, 0.2) is 11.7 Å². The van der Waals surface area contributed by atoms with E-state index in [-0.39, 0.29) is 6.61 Å². The second-order valence-electron chi connectivity index (χ2n) is 5.55. The molecule has 2 aromatic carbocycles. The van der Waals surface area contributed by atoms with Gasteiger partial charge in [-0.25, -0.2) is 0 Å². The normalized spacial score (nSPS) is 10.7. The first-order valence-corrected chi connectivity index (χ1v) is 8.19. The molecule has 0 spiro atoms. The molecule has 6 heteroatoms. The van der Waals surface area contributed by atoms with Crippen LogP contribution in [0.5, 0.6) is 5.75 Å². The predicted molar refractivity (Wildman–Crippen MR) is 105 cm³/mol. The van der Waals surface area contributed by atoms with Crippen molar-refractivity contribution < 1.29 is 4.74 Å². The van der Waals surface area contributed by atoms with Crippen molar-refractivity contribution in [2.24, 2.45) is 5.10 Å². The number of ether oxygens (including phenoxy) is 1. The van der Waals surface area contributed by atoms with Gasteiger partial charge in [-0.3, -0.25) is 5.43 Å². The number of hydrazone groups is 1. The van der Waals surface area contributed by atoms with Crippen LogP contribution in [-0.4, -0.2) is 17.4 Å². The summed E-state index contributed by atoms with van der Waals surface area (Å²) in [4.78, 5) is 0. The fraction of sp³-hybridized carbons (Fsp3) is 0.211. The molecule has 0 radical (unpaired) electrons. The highest BCUT2D eigenvalue weighted by molar-refractivity contribution is 7.80. The Bertz CT molecular complexity index is 822. The molecule has 0 unspecified atom stereocenters. The highest BCUT2D eigenvalue weighted by Gasteiger charge is 2.02. The van der Waals surface area contributed by atoms with E-state index in [0.29, 0.717) is 10.9 Å². The number of hydrogen-bond donors (Lipinski definition) is 2. The summed E-state index contributed by atoms with van der Waals surface area (Å²) in [5.74, 6) is 0.651. The Morgan fingerprint density at radius 1 is 1.20 bits per heavy atom. The van der Waals surface area contributed by atoms with Crippen molar-refractivity contribution in [3.63, 3.8) is 0 Å². The summed E-state index contributed by atoms with van der Waals surface area (Å²) in [5, 5.41) is 16.4. The van der Waals surface area contributed by atoms with Gasteiger partial charge in [0.05, 0.1) is 5.71 Å². The lowest BCUT2D eigenvalue weighted by molar-refractivity contribution is 0.368. The van der Waals surface area contributed by atoms with Gasteiger partial charge in [0.1, 0.15) is 11.8 Å². The number of rotatable bonds is 5. The Labute approximate surface area is 153 Å².